The van der Waals surface area contributed by atoms with E-state index >= 15 is 0 Å². The van der Waals surface area contributed by atoms with Gasteiger partial charge < -0.3 is 10.4 Å². The predicted molar refractivity (Wildman–Crippen MR) is 116 cm³/mol. The van der Waals surface area contributed by atoms with E-state index in [9.17, 15) is 9.90 Å². The molecule has 3 aromatic rings. The number of aromatic hydroxyl groups is 1. The van der Waals surface area contributed by atoms with Crippen LogP contribution in [0.1, 0.15) is 25.1 Å². The van der Waals surface area contributed by atoms with Crippen LogP contribution < -0.4 is 10.6 Å². The van der Waals surface area contributed by atoms with Crippen LogP contribution >= 0.6 is 9.24 Å². The number of phenolic OH excluding ortho intramolecular Hbond substituents is 1. The fourth-order valence-electron chi connectivity index (χ4n) is 2.83. The van der Waals surface area contributed by atoms with E-state index in [1.807, 2.05) is 24.3 Å². The molecule has 1 amide bonds. The van der Waals surface area contributed by atoms with Crippen molar-refractivity contribution in [2.75, 3.05) is 5.32 Å². The topological polar surface area (TPSA) is 75.1 Å². The van der Waals surface area contributed by atoms with Gasteiger partial charge in [-0.1, -0.05) is 50.2 Å². The third kappa shape index (κ3) is 5.37. The molecule has 2 aromatic carbocycles. The minimum Gasteiger partial charge on any atom is -0.508 e. The molecule has 3 rings (SSSR count). The number of hydrogen-bond acceptors (Lipinski definition) is 4. The van der Waals surface area contributed by atoms with Crippen LogP contribution in [0.15, 0.2) is 54.7 Å². The standard InChI is InChI=1S/C22H24N3O2P/c1-14(2)11-19-22(25-21(27)12-15-3-7-17(26)8-4-15)23-13-20(24-19)16-5-9-18(28)10-6-16/h3-10,13-14,26H,11-12,28H2,1-2H3,(H,23,25,27). The number of anilines is 1. The van der Waals surface area contributed by atoms with Crippen LogP contribution in [0.25, 0.3) is 11.3 Å². The van der Waals surface area contributed by atoms with Gasteiger partial charge in [-0.15, -0.1) is 9.24 Å². The molecule has 144 valence electrons. The van der Waals surface area contributed by atoms with E-state index in [-0.39, 0.29) is 18.1 Å². The van der Waals surface area contributed by atoms with Crippen LogP contribution in [0.4, 0.5) is 5.82 Å². The third-order valence-electron chi connectivity index (χ3n) is 4.21. The van der Waals surface area contributed by atoms with E-state index in [0.717, 1.165) is 34.2 Å². The molecule has 0 saturated heterocycles. The van der Waals surface area contributed by atoms with Crippen molar-refractivity contribution in [2.45, 2.75) is 26.7 Å². The first kappa shape index (κ1) is 20.0. The highest BCUT2D eigenvalue weighted by molar-refractivity contribution is 7.27. The van der Waals surface area contributed by atoms with Gasteiger partial charge in [-0.25, -0.2) is 9.97 Å². The van der Waals surface area contributed by atoms with Crippen molar-refractivity contribution in [3.05, 3.63) is 66.0 Å². The highest BCUT2D eigenvalue weighted by atomic mass is 31.0. The predicted octanol–water partition coefficient (Wildman–Crippen LogP) is 3.73. The highest BCUT2D eigenvalue weighted by Crippen LogP contribution is 2.22. The Bertz CT molecular complexity index is 955. The number of benzene rings is 2. The van der Waals surface area contributed by atoms with Crippen molar-refractivity contribution in [1.82, 2.24) is 9.97 Å². The van der Waals surface area contributed by atoms with Crippen molar-refractivity contribution >= 4 is 26.3 Å². The molecule has 2 N–H and O–H groups in total. The van der Waals surface area contributed by atoms with Gasteiger partial charge in [-0.2, -0.15) is 0 Å². The third-order valence-corrected chi connectivity index (χ3v) is 4.60. The summed E-state index contributed by atoms with van der Waals surface area (Å²) < 4.78 is 0. The molecule has 5 nitrogen and oxygen atoms in total. The number of amides is 1. The highest BCUT2D eigenvalue weighted by Gasteiger charge is 2.14. The molecule has 1 atom stereocenters. The molecular formula is C22H24N3O2P. The second-order valence-corrected chi connectivity index (χ2v) is 7.83. The number of carbonyl (C=O) groups excluding carboxylic acids is 1. The van der Waals surface area contributed by atoms with Gasteiger partial charge in [0.1, 0.15) is 5.75 Å². The van der Waals surface area contributed by atoms with Crippen molar-refractivity contribution in [3.63, 3.8) is 0 Å². The van der Waals surface area contributed by atoms with E-state index in [1.165, 1.54) is 0 Å². The first-order valence-corrected chi connectivity index (χ1v) is 9.78. The Labute approximate surface area is 167 Å². The van der Waals surface area contributed by atoms with Crippen LogP contribution in [0.2, 0.25) is 0 Å². The van der Waals surface area contributed by atoms with Gasteiger partial charge in [0.15, 0.2) is 5.82 Å². The second kappa shape index (κ2) is 8.94. The molecule has 28 heavy (non-hydrogen) atoms. The zero-order valence-corrected chi connectivity index (χ0v) is 17.2. The Morgan fingerprint density at radius 1 is 1.11 bits per heavy atom. The van der Waals surface area contributed by atoms with Crippen molar-refractivity contribution in [1.29, 1.82) is 0 Å². The molecule has 1 aromatic heterocycles. The monoisotopic (exact) mass is 393 g/mol. The van der Waals surface area contributed by atoms with Gasteiger partial charge in [0, 0.05) is 5.56 Å². The molecule has 1 unspecified atom stereocenters. The fourth-order valence-corrected chi connectivity index (χ4v) is 3.02. The van der Waals surface area contributed by atoms with Gasteiger partial charge >= 0.3 is 0 Å². The first-order valence-electron chi connectivity index (χ1n) is 9.20. The number of carbonyl (C=O) groups is 1. The molecule has 6 heteroatoms. The van der Waals surface area contributed by atoms with Crippen LogP contribution in [-0.4, -0.2) is 21.0 Å². The normalized spacial score (nSPS) is 10.9. The maximum Gasteiger partial charge on any atom is 0.229 e. The summed E-state index contributed by atoms with van der Waals surface area (Å²) in [6, 6.07) is 14.6. The van der Waals surface area contributed by atoms with Crippen molar-refractivity contribution < 1.29 is 9.90 Å². The van der Waals surface area contributed by atoms with Gasteiger partial charge in [0.25, 0.3) is 0 Å². The zero-order valence-electron chi connectivity index (χ0n) is 16.0. The number of nitrogens with one attached hydrogen (secondary N) is 1. The van der Waals surface area contributed by atoms with Crippen LogP contribution in [0, 0.1) is 5.92 Å². The molecule has 0 aliphatic heterocycles. The Morgan fingerprint density at radius 3 is 2.43 bits per heavy atom. The lowest BCUT2D eigenvalue weighted by molar-refractivity contribution is -0.115. The molecule has 0 saturated carbocycles. The largest absolute Gasteiger partial charge is 0.508 e. The lowest BCUT2D eigenvalue weighted by Crippen LogP contribution is -2.18. The molecule has 0 aliphatic carbocycles. The van der Waals surface area contributed by atoms with E-state index in [2.05, 4.69) is 33.4 Å². The van der Waals surface area contributed by atoms with Gasteiger partial charge in [0.05, 0.1) is 24.0 Å². The maximum absolute atomic E-state index is 12.5. The number of nitrogens with zero attached hydrogens (tertiary/aromatic N) is 2. The summed E-state index contributed by atoms with van der Waals surface area (Å²) >= 11 is 0. The minimum atomic E-state index is -0.162. The summed E-state index contributed by atoms with van der Waals surface area (Å²) in [5, 5.41) is 13.4. The van der Waals surface area contributed by atoms with Crippen LogP contribution in [0.5, 0.6) is 5.75 Å². The van der Waals surface area contributed by atoms with E-state index in [0.29, 0.717) is 11.7 Å². The van der Waals surface area contributed by atoms with Crippen molar-refractivity contribution in [2.24, 2.45) is 5.92 Å². The first-order chi connectivity index (χ1) is 13.4. The van der Waals surface area contributed by atoms with Crippen molar-refractivity contribution in [3.8, 4) is 17.0 Å². The molecule has 1 heterocycles. The Kier molecular flexibility index (Phi) is 6.37. The van der Waals surface area contributed by atoms with Crippen LogP contribution in [-0.2, 0) is 17.6 Å². The minimum absolute atomic E-state index is 0.162. The summed E-state index contributed by atoms with van der Waals surface area (Å²) in [5.74, 6) is 0.903. The molecular weight excluding hydrogens is 369 g/mol. The number of aromatic nitrogens is 2. The average Bonchev–Trinajstić information content (AvgIpc) is 2.65. The maximum atomic E-state index is 12.5. The Balaban J connectivity index is 1.81. The lowest BCUT2D eigenvalue weighted by atomic mass is 10.1. The van der Waals surface area contributed by atoms with Crippen LogP contribution in [0.3, 0.4) is 0 Å². The Morgan fingerprint density at radius 2 is 1.79 bits per heavy atom. The molecule has 0 radical (unpaired) electrons. The zero-order chi connectivity index (χ0) is 20.1. The SMILES string of the molecule is CC(C)Cc1nc(-c2ccc(P)cc2)cnc1NC(=O)Cc1ccc(O)cc1. The van der Waals surface area contributed by atoms with Gasteiger partial charge in [-0.3, -0.25) is 4.79 Å². The summed E-state index contributed by atoms with van der Waals surface area (Å²) in [4.78, 5) is 21.7. The number of hydrogen-bond donors (Lipinski definition) is 2. The van der Waals surface area contributed by atoms with Gasteiger partial charge in [-0.05, 0) is 35.3 Å². The van der Waals surface area contributed by atoms with E-state index < -0.39 is 0 Å². The second-order valence-electron chi connectivity index (χ2n) is 7.16. The average molecular weight is 393 g/mol. The summed E-state index contributed by atoms with van der Waals surface area (Å²) in [6.45, 7) is 4.22. The van der Waals surface area contributed by atoms with Gasteiger partial charge in [0.2, 0.25) is 5.91 Å². The molecule has 0 bridgehead atoms. The number of phenols is 1. The molecule has 0 spiro atoms. The summed E-state index contributed by atoms with van der Waals surface area (Å²) in [7, 11) is 2.67. The Hall–Kier alpha value is -2.78. The van der Waals surface area contributed by atoms with E-state index in [1.54, 1.807) is 30.5 Å². The fraction of sp³-hybridized carbons (Fsp3) is 0.227. The lowest BCUT2D eigenvalue weighted by Gasteiger charge is -2.13. The summed E-state index contributed by atoms with van der Waals surface area (Å²) in [5.41, 5.74) is 3.38. The number of rotatable bonds is 6. The quantitative estimate of drug-likeness (QED) is 0.626. The molecule has 0 aliphatic rings. The summed E-state index contributed by atoms with van der Waals surface area (Å²) in [6.07, 6.45) is 2.62. The smallest absolute Gasteiger partial charge is 0.229 e. The molecule has 0 fully saturated rings. The van der Waals surface area contributed by atoms with E-state index in [4.69, 9.17) is 4.98 Å².